The number of halogens is 1. The maximum absolute atomic E-state index is 13.2. The lowest BCUT2D eigenvalue weighted by Gasteiger charge is -2.24. The topological polar surface area (TPSA) is 41.3 Å². The normalized spacial score (nSPS) is 19.6. The summed E-state index contributed by atoms with van der Waals surface area (Å²) in [4.78, 5) is 2.68. The summed E-state index contributed by atoms with van der Waals surface area (Å²) in [6.07, 6.45) is 2.44. The van der Waals surface area contributed by atoms with Gasteiger partial charge in [-0.15, -0.1) is 0 Å². The average molecular weight is 281 g/mol. The standard InChI is InChI=1S/C14H20FN3S/c1-2-18-7-3-4-11(18)9-17-13-6-5-10(15)8-12(13)14(16)19/h5-6,8,11,17H,2-4,7,9H2,1H3,(H2,16,19). The molecule has 1 fully saturated rings. The van der Waals surface area contributed by atoms with Crippen LogP contribution >= 0.6 is 12.2 Å². The molecule has 1 unspecified atom stereocenters. The van der Waals surface area contributed by atoms with Crippen molar-refractivity contribution in [2.75, 3.05) is 25.0 Å². The number of nitrogens with zero attached hydrogens (tertiary/aromatic N) is 1. The molecule has 1 aromatic carbocycles. The number of nitrogens with two attached hydrogens (primary N) is 1. The molecule has 0 bridgehead atoms. The minimum atomic E-state index is -0.315. The van der Waals surface area contributed by atoms with E-state index in [1.807, 2.05) is 0 Å². The van der Waals surface area contributed by atoms with Gasteiger partial charge in [-0.05, 0) is 44.1 Å². The van der Waals surface area contributed by atoms with Crippen molar-refractivity contribution in [1.29, 1.82) is 0 Å². The van der Waals surface area contributed by atoms with E-state index in [-0.39, 0.29) is 10.8 Å². The van der Waals surface area contributed by atoms with Gasteiger partial charge in [0.2, 0.25) is 0 Å². The highest BCUT2D eigenvalue weighted by molar-refractivity contribution is 7.80. The molecule has 0 aliphatic carbocycles. The van der Waals surface area contributed by atoms with E-state index in [1.54, 1.807) is 6.07 Å². The van der Waals surface area contributed by atoms with Crippen LogP contribution in [-0.4, -0.2) is 35.6 Å². The Bertz CT molecular complexity index is 464. The van der Waals surface area contributed by atoms with Gasteiger partial charge in [-0.2, -0.15) is 0 Å². The first-order valence-electron chi connectivity index (χ1n) is 6.69. The summed E-state index contributed by atoms with van der Waals surface area (Å²) in [5, 5.41) is 3.35. The van der Waals surface area contributed by atoms with Crippen LogP contribution in [0, 0.1) is 5.82 Å². The first-order chi connectivity index (χ1) is 9.11. The van der Waals surface area contributed by atoms with Gasteiger partial charge in [0.05, 0.1) is 0 Å². The summed E-state index contributed by atoms with van der Waals surface area (Å²) in [5.74, 6) is -0.315. The van der Waals surface area contributed by atoms with Crippen molar-refractivity contribution >= 4 is 22.9 Å². The van der Waals surface area contributed by atoms with Gasteiger partial charge in [0, 0.05) is 23.8 Å². The molecule has 1 atom stereocenters. The Morgan fingerprint density at radius 1 is 1.58 bits per heavy atom. The third kappa shape index (κ3) is 3.42. The van der Waals surface area contributed by atoms with Gasteiger partial charge in [-0.25, -0.2) is 4.39 Å². The van der Waals surface area contributed by atoms with Crippen molar-refractivity contribution in [3.8, 4) is 0 Å². The van der Waals surface area contributed by atoms with Gasteiger partial charge in [0.25, 0.3) is 0 Å². The van der Waals surface area contributed by atoms with Crippen molar-refractivity contribution in [2.24, 2.45) is 5.73 Å². The van der Waals surface area contributed by atoms with E-state index in [0.717, 1.165) is 25.3 Å². The Hall–Kier alpha value is -1.20. The molecule has 0 aromatic heterocycles. The SMILES string of the molecule is CCN1CCCC1CNc1ccc(F)cc1C(N)=S. The Morgan fingerprint density at radius 2 is 2.37 bits per heavy atom. The summed E-state index contributed by atoms with van der Waals surface area (Å²) in [5.41, 5.74) is 7.03. The maximum Gasteiger partial charge on any atom is 0.124 e. The Balaban J connectivity index is 2.05. The molecule has 2 rings (SSSR count). The van der Waals surface area contributed by atoms with Gasteiger partial charge >= 0.3 is 0 Å². The zero-order valence-electron chi connectivity index (χ0n) is 11.2. The number of thiocarbonyl (C=S) groups is 1. The molecule has 3 N–H and O–H groups in total. The minimum absolute atomic E-state index is 0.223. The molecule has 0 amide bonds. The second-order valence-electron chi connectivity index (χ2n) is 4.86. The molecule has 0 spiro atoms. The third-order valence-electron chi connectivity index (χ3n) is 3.68. The number of likely N-dealkylation sites (tertiary alicyclic amines) is 1. The van der Waals surface area contributed by atoms with Crippen molar-refractivity contribution in [3.05, 3.63) is 29.6 Å². The lowest BCUT2D eigenvalue weighted by molar-refractivity contribution is 0.277. The van der Waals surface area contributed by atoms with E-state index >= 15 is 0 Å². The van der Waals surface area contributed by atoms with Crippen LogP contribution in [0.15, 0.2) is 18.2 Å². The van der Waals surface area contributed by atoms with E-state index in [0.29, 0.717) is 11.6 Å². The van der Waals surface area contributed by atoms with Crippen LogP contribution in [0.5, 0.6) is 0 Å². The first-order valence-corrected chi connectivity index (χ1v) is 7.10. The lowest BCUT2D eigenvalue weighted by atomic mass is 10.1. The maximum atomic E-state index is 13.2. The molecule has 5 heteroatoms. The van der Waals surface area contributed by atoms with Crippen LogP contribution < -0.4 is 11.1 Å². The molecule has 19 heavy (non-hydrogen) atoms. The molecule has 1 aromatic rings. The summed E-state index contributed by atoms with van der Waals surface area (Å²) in [6, 6.07) is 5.05. The van der Waals surface area contributed by atoms with E-state index in [9.17, 15) is 4.39 Å². The fraction of sp³-hybridized carbons (Fsp3) is 0.500. The van der Waals surface area contributed by atoms with Crippen LogP contribution in [0.4, 0.5) is 10.1 Å². The average Bonchev–Trinajstić information content (AvgIpc) is 2.84. The molecule has 1 aliphatic rings. The Morgan fingerprint density at radius 3 is 3.05 bits per heavy atom. The van der Waals surface area contributed by atoms with Crippen LogP contribution in [0.3, 0.4) is 0 Å². The number of nitrogens with one attached hydrogen (secondary N) is 1. The van der Waals surface area contributed by atoms with Crippen LogP contribution in [0.25, 0.3) is 0 Å². The first kappa shape index (κ1) is 14.2. The molecule has 1 heterocycles. The predicted molar refractivity (Wildman–Crippen MR) is 81.0 cm³/mol. The van der Waals surface area contributed by atoms with E-state index in [4.69, 9.17) is 18.0 Å². The minimum Gasteiger partial charge on any atom is -0.389 e. The summed E-state index contributed by atoms with van der Waals surface area (Å²) < 4.78 is 13.2. The molecular weight excluding hydrogens is 261 g/mol. The smallest absolute Gasteiger partial charge is 0.124 e. The van der Waals surface area contributed by atoms with Gasteiger partial charge in [-0.3, -0.25) is 4.90 Å². The second-order valence-corrected chi connectivity index (χ2v) is 5.30. The lowest BCUT2D eigenvalue weighted by Crippen LogP contribution is -2.35. The van der Waals surface area contributed by atoms with E-state index < -0.39 is 0 Å². The number of hydrogen-bond donors (Lipinski definition) is 2. The van der Waals surface area contributed by atoms with Crippen molar-refractivity contribution < 1.29 is 4.39 Å². The number of benzene rings is 1. The Kier molecular flexibility index (Phi) is 4.71. The van der Waals surface area contributed by atoms with E-state index in [1.165, 1.54) is 25.0 Å². The van der Waals surface area contributed by atoms with Gasteiger partial charge < -0.3 is 11.1 Å². The van der Waals surface area contributed by atoms with Crippen molar-refractivity contribution in [3.63, 3.8) is 0 Å². The van der Waals surface area contributed by atoms with Crippen LogP contribution in [0.1, 0.15) is 25.3 Å². The van der Waals surface area contributed by atoms with Gasteiger partial charge in [0.1, 0.15) is 10.8 Å². The van der Waals surface area contributed by atoms with Gasteiger partial charge in [-0.1, -0.05) is 19.1 Å². The number of hydrogen-bond acceptors (Lipinski definition) is 3. The molecule has 3 nitrogen and oxygen atoms in total. The highest BCUT2D eigenvalue weighted by Gasteiger charge is 2.22. The highest BCUT2D eigenvalue weighted by Crippen LogP contribution is 2.20. The summed E-state index contributed by atoms with van der Waals surface area (Å²) in [7, 11) is 0. The summed E-state index contributed by atoms with van der Waals surface area (Å²) in [6.45, 7) is 5.25. The fourth-order valence-corrected chi connectivity index (χ4v) is 2.81. The summed E-state index contributed by atoms with van der Waals surface area (Å²) >= 11 is 4.96. The van der Waals surface area contributed by atoms with E-state index in [2.05, 4.69) is 17.1 Å². The zero-order chi connectivity index (χ0) is 13.8. The molecule has 0 saturated carbocycles. The molecular formula is C14H20FN3S. The quantitative estimate of drug-likeness (QED) is 0.813. The largest absolute Gasteiger partial charge is 0.389 e. The van der Waals surface area contributed by atoms with Crippen molar-refractivity contribution in [2.45, 2.75) is 25.8 Å². The molecule has 0 radical (unpaired) electrons. The van der Waals surface area contributed by atoms with Crippen LogP contribution in [0.2, 0.25) is 0 Å². The zero-order valence-corrected chi connectivity index (χ0v) is 12.0. The second kappa shape index (κ2) is 6.30. The Labute approximate surface area is 119 Å². The van der Waals surface area contributed by atoms with Crippen molar-refractivity contribution in [1.82, 2.24) is 4.90 Å². The molecule has 104 valence electrons. The predicted octanol–water partition coefficient (Wildman–Crippen LogP) is 2.36. The monoisotopic (exact) mass is 281 g/mol. The highest BCUT2D eigenvalue weighted by atomic mass is 32.1. The molecule has 1 aliphatic heterocycles. The number of likely N-dealkylation sites (N-methyl/N-ethyl adjacent to an activating group) is 1. The fourth-order valence-electron chi connectivity index (χ4n) is 2.64. The number of anilines is 1. The van der Waals surface area contributed by atoms with Gasteiger partial charge in [0.15, 0.2) is 0 Å². The van der Waals surface area contributed by atoms with Crippen LogP contribution in [-0.2, 0) is 0 Å². The third-order valence-corrected chi connectivity index (χ3v) is 3.90. The molecule has 1 saturated heterocycles. The number of rotatable bonds is 5.